The first-order valence-corrected chi connectivity index (χ1v) is 5.95. The van der Waals surface area contributed by atoms with Gasteiger partial charge in [-0.3, -0.25) is 4.21 Å². The van der Waals surface area contributed by atoms with Crippen LogP contribution < -0.4 is 18.9 Å². The third-order valence-electron chi connectivity index (χ3n) is 2.93. The Bertz CT molecular complexity index is 346. The molecule has 15 heavy (non-hydrogen) atoms. The summed E-state index contributed by atoms with van der Waals surface area (Å²) in [5.74, 6) is 1.39. The van der Waals surface area contributed by atoms with E-state index in [1.54, 1.807) is 12.1 Å². The van der Waals surface area contributed by atoms with Crippen molar-refractivity contribution in [2.45, 2.75) is 30.6 Å². The molecule has 2 rings (SSSR count). The topological polar surface area (TPSA) is 40.1 Å². The van der Waals surface area contributed by atoms with E-state index in [0.717, 1.165) is 5.92 Å². The summed E-state index contributed by atoms with van der Waals surface area (Å²) in [6.07, 6.45) is 2.63. The third-order valence-corrected chi connectivity index (χ3v) is 3.58. The van der Waals surface area contributed by atoms with Crippen LogP contribution in [-0.2, 0) is 11.1 Å². The van der Waals surface area contributed by atoms with E-state index >= 15 is 0 Å². The Labute approximate surface area is 105 Å². The van der Waals surface area contributed by atoms with Crippen molar-refractivity contribution in [2.24, 2.45) is 5.92 Å². The Morgan fingerprint density at radius 1 is 1.33 bits per heavy atom. The first-order chi connectivity index (χ1) is 6.68. The molecule has 0 saturated heterocycles. The van der Waals surface area contributed by atoms with Crippen LogP contribution in [0.25, 0.3) is 0 Å². The van der Waals surface area contributed by atoms with E-state index in [-0.39, 0.29) is 18.9 Å². The predicted octanol–water partition coefficient (Wildman–Crippen LogP) is -0.558. The molecule has 1 fully saturated rings. The van der Waals surface area contributed by atoms with Gasteiger partial charge in [-0.1, -0.05) is 19.1 Å². The Hall–Kier alpha value is -0.0726. The van der Waals surface area contributed by atoms with E-state index in [4.69, 9.17) is 0 Å². The van der Waals surface area contributed by atoms with Gasteiger partial charge in [-0.05, 0) is 53.5 Å². The molecule has 1 aliphatic rings. The second-order valence-electron chi connectivity index (χ2n) is 3.93. The van der Waals surface area contributed by atoms with Crippen molar-refractivity contribution >= 4 is 11.1 Å². The Morgan fingerprint density at radius 2 is 1.87 bits per heavy atom. The van der Waals surface area contributed by atoms with Crippen LogP contribution in [0.3, 0.4) is 0 Å². The maximum atomic E-state index is 10.6. The molecule has 1 aliphatic carbocycles. The summed E-state index contributed by atoms with van der Waals surface area (Å²) in [5.41, 5.74) is 1.25. The van der Waals surface area contributed by atoms with Crippen LogP contribution in [-0.4, -0.2) is 8.76 Å². The standard InChI is InChI=1S/C11H14O2S.Li/c1-8(9-2-3-9)10-4-6-11(7-5-10)14(12)13;/h4-9H,2-3H2,1H3,(H,12,13);/q;+1/p-1. The summed E-state index contributed by atoms with van der Waals surface area (Å²) in [7, 11) is 0. The van der Waals surface area contributed by atoms with Crippen LogP contribution in [0.4, 0.5) is 0 Å². The minimum atomic E-state index is -2.10. The molecule has 0 spiro atoms. The zero-order valence-corrected chi connectivity index (χ0v) is 9.92. The SMILES string of the molecule is CC(c1ccc(S(=O)[O-])cc1)C1CC1.[Li+]. The molecule has 1 aromatic carbocycles. The number of hydrogen-bond acceptors (Lipinski definition) is 2. The van der Waals surface area contributed by atoms with Gasteiger partial charge in [0.1, 0.15) is 0 Å². The van der Waals surface area contributed by atoms with Crippen LogP contribution >= 0.6 is 0 Å². The van der Waals surface area contributed by atoms with E-state index in [2.05, 4.69) is 6.92 Å². The van der Waals surface area contributed by atoms with Gasteiger partial charge in [0.05, 0.1) is 0 Å². The minimum absolute atomic E-state index is 0. The van der Waals surface area contributed by atoms with Gasteiger partial charge in [-0.25, -0.2) is 0 Å². The van der Waals surface area contributed by atoms with Crippen molar-refractivity contribution in [1.82, 2.24) is 0 Å². The minimum Gasteiger partial charge on any atom is -0.768 e. The molecule has 0 radical (unpaired) electrons. The van der Waals surface area contributed by atoms with Gasteiger partial charge in [-0.2, -0.15) is 0 Å². The summed E-state index contributed by atoms with van der Waals surface area (Å²) < 4.78 is 21.3. The van der Waals surface area contributed by atoms with E-state index in [1.165, 1.54) is 18.4 Å². The molecule has 2 nitrogen and oxygen atoms in total. The summed E-state index contributed by atoms with van der Waals surface area (Å²) in [5, 5.41) is 0. The molecule has 0 bridgehead atoms. The first-order valence-electron chi connectivity index (χ1n) is 4.87. The molecule has 76 valence electrons. The Balaban J connectivity index is 0.00000112. The molecular formula is C11H13LiO2S. The van der Waals surface area contributed by atoms with Gasteiger partial charge in [0.15, 0.2) is 0 Å². The van der Waals surface area contributed by atoms with Gasteiger partial charge in [0, 0.05) is 4.90 Å². The molecule has 0 heterocycles. The van der Waals surface area contributed by atoms with E-state index in [9.17, 15) is 8.76 Å². The van der Waals surface area contributed by atoms with Crippen LogP contribution in [0, 0.1) is 5.92 Å². The largest absolute Gasteiger partial charge is 1.00 e. The maximum Gasteiger partial charge on any atom is 1.00 e. The van der Waals surface area contributed by atoms with Crippen molar-refractivity contribution in [3.8, 4) is 0 Å². The summed E-state index contributed by atoms with van der Waals surface area (Å²) in [6, 6.07) is 7.21. The summed E-state index contributed by atoms with van der Waals surface area (Å²) in [4.78, 5) is 0.372. The maximum absolute atomic E-state index is 10.6. The number of hydrogen-bond donors (Lipinski definition) is 0. The van der Waals surface area contributed by atoms with Crippen molar-refractivity contribution in [3.63, 3.8) is 0 Å². The quantitative estimate of drug-likeness (QED) is 0.502. The van der Waals surface area contributed by atoms with Crippen molar-refractivity contribution in [3.05, 3.63) is 29.8 Å². The van der Waals surface area contributed by atoms with E-state index in [1.807, 2.05) is 12.1 Å². The molecule has 1 saturated carbocycles. The normalized spacial score (nSPS) is 19.1. The van der Waals surface area contributed by atoms with Crippen LogP contribution in [0.2, 0.25) is 0 Å². The predicted molar refractivity (Wildman–Crippen MR) is 54.8 cm³/mol. The average molecular weight is 216 g/mol. The van der Waals surface area contributed by atoms with Gasteiger partial charge in [0.2, 0.25) is 0 Å². The number of rotatable bonds is 3. The number of benzene rings is 1. The van der Waals surface area contributed by atoms with Crippen molar-refractivity contribution in [2.75, 3.05) is 0 Å². The fourth-order valence-corrected chi connectivity index (χ4v) is 2.11. The molecule has 4 heteroatoms. The molecule has 1 aromatic rings. The van der Waals surface area contributed by atoms with Crippen LogP contribution in [0.1, 0.15) is 31.2 Å². The summed E-state index contributed by atoms with van der Waals surface area (Å²) in [6.45, 7) is 2.21. The second kappa shape index (κ2) is 5.31. The molecule has 2 unspecified atom stereocenters. The first kappa shape index (κ1) is 13.0. The van der Waals surface area contributed by atoms with Gasteiger partial charge in [0.25, 0.3) is 0 Å². The smallest absolute Gasteiger partial charge is 0.768 e. The van der Waals surface area contributed by atoms with Gasteiger partial charge < -0.3 is 4.55 Å². The molecule has 0 N–H and O–H groups in total. The summed E-state index contributed by atoms with van der Waals surface area (Å²) >= 11 is -2.10. The van der Waals surface area contributed by atoms with Gasteiger partial charge in [-0.15, -0.1) is 0 Å². The zero-order chi connectivity index (χ0) is 10.1. The zero-order valence-electron chi connectivity index (χ0n) is 9.10. The second-order valence-corrected chi connectivity index (χ2v) is 4.87. The molecular weight excluding hydrogens is 203 g/mol. The molecule has 0 aromatic heterocycles. The van der Waals surface area contributed by atoms with Crippen molar-refractivity contribution in [1.29, 1.82) is 0 Å². The monoisotopic (exact) mass is 216 g/mol. The van der Waals surface area contributed by atoms with Crippen LogP contribution in [0.5, 0.6) is 0 Å². The Morgan fingerprint density at radius 3 is 2.27 bits per heavy atom. The Kier molecular flexibility index (Phi) is 4.60. The van der Waals surface area contributed by atoms with Gasteiger partial charge >= 0.3 is 18.9 Å². The van der Waals surface area contributed by atoms with Crippen LogP contribution in [0.15, 0.2) is 29.2 Å². The van der Waals surface area contributed by atoms with E-state index in [0.29, 0.717) is 10.8 Å². The van der Waals surface area contributed by atoms with Crippen molar-refractivity contribution < 1.29 is 27.6 Å². The molecule has 2 atom stereocenters. The molecule has 0 amide bonds. The van der Waals surface area contributed by atoms with E-state index < -0.39 is 11.1 Å². The fraction of sp³-hybridized carbons (Fsp3) is 0.455. The molecule has 0 aliphatic heterocycles. The third kappa shape index (κ3) is 3.19. The fourth-order valence-electron chi connectivity index (χ4n) is 1.75. The average Bonchev–Trinajstić information content (AvgIpc) is 3.00.